The quantitative estimate of drug-likeness (QED) is 0.670. The van der Waals surface area contributed by atoms with E-state index in [1.807, 2.05) is 20.8 Å². The van der Waals surface area contributed by atoms with Crippen molar-refractivity contribution in [1.82, 2.24) is 4.90 Å². The van der Waals surface area contributed by atoms with Crippen LogP contribution in [-0.2, 0) is 9.53 Å². The van der Waals surface area contributed by atoms with E-state index in [4.69, 9.17) is 4.74 Å². The highest BCUT2D eigenvalue weighted by atomic mass is 16.5. The Morgan fingerprint density at radius 2 is 1.88 bits per heavy atom. The molecular weight excluding hydrogens is 202 g/mol. The molecule has 0 heterocycles. The van der Waals surface area contributed by atoms with Gasteiger partial charge in [-0.2, -0.15) is 0 Å². The third-order valence-electron chi connectivity index (χ3n) is 2.44. The number of methoxy groups -OCH3 is 1. The Bertz CT molecular complexity index is 206. The fourth-order valence-electron chi connectivity index (χ4n) is 1.41. The van der Waals surface area contributed by atoms with E-state index < -0.39 is 0 Å². The topological polar surface area (TPSA) is 29.5 Å². The van der Waals surface area contributed by atoms with Gasteiger partial charge in [-0.1, -0.05) is 34.6 Å². The van der Waals surface area contributed by atoms with Crippen LogP contribution in [0, 0.1) is 11.3 Å². The van der Waals surface area contributed by atoms with Crippen molar-refractivity contribution in [3.63, 3.8) is 0 Å². The Morgan fingerprint density at radius 1 is 1.31 bits per heavy atom. The van der Waals surface area contributed by atoms with Crippen molar-refractivity contribution in [3.05, 3.63) is 0 Å². The lowest BCUT2D eigenvalue weighted by molar-refractivity contribution is -0.127. The minimum absolute atomic E-state index is 0.248. The highest BCUT2D eigenvalue weighted by Gasteiger charge is 2.23. The van der Waals surface area contributed by atoms with E-state index >= 15 is 0 Å². The second-order valence-corrected chi connectivity index (χ2v) is 5.79. The summed E-state index contributed by atoms with van der Waals surface area (Å²) >= 11 is 0. The van der Waals surface area contributed by atoms with Gasteiger partial charge >= 0.3 is 0 Å². The first kappa shape index (κ1) is 15.6. The van der Waals surface area contributed by atoms with Crippen LogP contribution < -0.4 is 0 Å². The number of carbonyl (C=O) groups is 1. The summed E-state index contributed by atoms with van der Waals surface area (Å²) in [5.74, 6) is 0.869. The van der Waals surface area contributed by atoms with Crippen LogP contribution in [0.5, 0.6) is 0 Å². The van der Waals surface area contributed by atoms with Crippen molar-refractivity contribution >= 4 is 5.78 Å². The highest BCUT2D eigenvalue weighted by molar-refractivity contribution is 5.85. The predicted molar refractivity (Wildman–Crippen MR) is 67.6 cm³/mol. The molecule has 0 fully saturated rings. The molecule has 3 heteroatoms. The number of hydrogen-bond acceptors (Lipinski definition) is 3. The van der Waals surface area contributed by atoms with Gasteiger partial charge in [-0.25, -0.2) is 0 Å². The summed E-state index contributed by atoms with van der Waals surface area (Å²) < 4.78 is 5.07. The van der Waals surface area contributed by atoms with E-state index in [1.54, 1.807) is 7.11 Å². The SMILES string of the molecule is COCCN(CC(=O)C(C)(C)C)CC(C)C. The smallest absolute Gasteiger partial charge is 0.152 e. The molecule has 0 radical (unpaired) electrons. The van der Waals surface area contributed by atoms with Crippen LogP contribution in [0.25, 0.3) is 0 Å². The molecule has 0 atom stereocenters. The molecule has 0 aliphatic carbocycles. The molecule has 0 spiro atoms. The third kappa shape index (κ3) is 6.96. The Kier molecular flexibility index (Phi) is 6.84. The third-order valence-corrected chi connectivity index (χ3v) is 2.44. The molecule has 3 nitrogen and oxygen atoms in total. The maximum absolute atomic E-state index is 11.9. The summed E-state index contributed by atoms with van der Waals surface area (Å²) in [4.78, 5) is 14.1. The molecule has 0 N–H and O–H groups in total. The van der Waals surface area contributed by atoms with Crippen molar-refractivity contribution in [2.24, 2.45) is 11.3 Å². The van der Waals surface area contributed by atoms with Crippen molar-refractivity contribution in [2.75, 3.05) is 33.4 Å². The zero-order valence-electron chi connectivity index (χ0n) is 11.7. The van der Waals surface area contributed by atoms with Crippen LogP contribution in [0.15, 0.2) is 0 Å². The Hall–Kier alpha value is -0.410. The molecular formula is C13H27NO2. The normalized spacial score (nSPS) is 12.5. The minimum atomic E-state index is -0.248. The van der Waals surface area contributed by atoms with Gasteiger partial charge in [0.15, 0.2) is 5.78 Å². The van der Waals surface area contributed by atoms with Crippen LogP contribution in [-0.4, -0.2) is 44.0 Å². The van der Waals surface area contributed by atoms with E-state index in [0.717, 1.165) is 13.1 Å². The van der Waals surface area contributed by atoms with E-state index in [0.29, 0.717) is 24.9 Å². The number of ether oxygens (including phenoxy) is 1. The second-order valence-electron chi connectivity index (χ2n) is 5.79. The molecule has 0 amide bonds. The molecule has 16 heavy (non-hydrogen) atoms. The molecule has 0 saturated heterocycles. The number of Topliss-reactive ketones (excluding diaryl/α,β-unsaturated/α-hetero) is 1. The molecule has 96 valence electrons. The first-order valence-electron chi connectivity index (χ1n) is 6.02. The fraction of sp³-hybridized carbons (Fsp3) is 0.923. The lowest BCUT2D eigenvalue weighted by atomic mass is 9.90. The number of ketones is 1. The zero-order valence-corrected chi connectivity index (χ0v) is 11.7. The van der Waals surface area contributed by atoms with Gasteiger partial charge in [-0.3, -0.25) is 9.69 Å². The highest BCUT2D eigenvalue weighted by Crippen LogP contribution is 2.15. The summed E-state index contributed by atoms with van der Waals surface area (Å²) in [5, 5.41) is 0. The Balaban J connectivity index is 4.24. The molecule has 0 bridgehead atoms. The summed E-state index contributed by atoms with van der Waals surface area (Å²) in [7, 11) is 1.69. The van der Waals surface area contributed by atoms with Crippen LogP contribution in [0.2, 0.25) is 0 Å². The Morgan fingerprint density at radius 3 is 2.25 bits per heavy atom. The average molecular weight is 229 g/mol. The minimum Gasteiger partial charge on any atom is -0.383 e. The van der Waals surface area contributed by atoms with E-state index in [-0.39, 0.29) is 5.41 Å². The van der Waals surface area contributed by atoms with Gasteiger partial charge < -0.3 is 4.74 Å². The molecule has 0 aliphatic heterocycles. The number of hydrogen-bond donors (Lipinski definition) is 0. The monoisotopic (exact) mass is 229 g/mol. The number of carbonyl (C=O) groups excluding carboxylic acids is 1. The van der Waals surface area contributed by atoms with Crippen molar-refractivity contribution < 1.29 is 9.53 Å². The predicted octanol–water partition coefficient (Wildman–Crippen LogP) is 2.21. The lowest BCUT2D eigenvalue weighted by Gasteiger charge is -2.26. The molecule has 0 saturated carbocycles. The van der Waals surface area contributed by atoms with Crippen LogP contribution in [0.4, 0.5) is 0 Å². The summed E-state index contributed by atoms with van der Waals surface area (Å²) in [6, 6.07) is 0. The van der Waals surface area contributed by atoms with E-state index in [2.05, 4.69) is 18.7 Å². The van der Waals surface area contributed by atoms with Gasteiger partial charge in [-0.05, 0) is 5.92 Å². The van der Waals surface area contributed by atoms with Crippen molar-refractivity contribution in [3.8, 4) is 0 Å². The summed E-state index contributed by atoms with van der Waals surface area (Å²) in [6.45, 7) is 13.2. The molecule has 0 rings (SSSR count). The van der Waals surface area contributed by atoms with Gasteiger partial charge in [0, 0.05) is 25.6 Å². The standard InChI is InChI=1S/C13H27NO2/c1-11(2)9-14(7-8-16-6)10-12(15)13(3,4)5/h11H,7-10H2,1-6H3. The second kappa shape index (κ2) is 7.02. The van der Waals surface area contributed by atoms with E-state index in [1.165, 1.54) is 0 Å². The maximum Gasteiger partial charge on any atom is 0.152 e. The molecule has 0 aromatic rings. The van der Waals surface area contributed by atoms with Crippen LogP contribution in [0.1, 0.15) is 34.6 Å². The summed E-state index contributed by atoms with van der Waals surface area (Å²) in [5.41, 5.74) is -0.248. The first-order chi connectivity index (χ1) is 7.27. The molecule has 0 aromatic heterocycles. The summed E-state index contributed by atoms with van der Waals surface area (Å²) in [6.07, 6.45) is 0. The maximum atomic E-state index is 11.9. The van der Waals surface area contributed by atoms with Gasteiger partial charge in [0.1, 0.15) is 0 Å². The fourth-order valence-corrected chi connectivity index (χ4v) is 1.41. The van der Waals surface area contributed by atoms with Gasteiger partial charge in [0.2, 0.25) is 0 Å². The molecule has 0 aromatic carbocycles. The van der Waals surface area contributed by atoms with Crippen molar-refractivity contribution in [1.29, 1.82) is 0 Å². The Labute approximate surface area is 100 Å². The number of rotatable bonds is 7. The first-order valence-corrected chi connectivity index (χ1v) is 6.02. The van der Waals surface area contributed by atoms with Gasteiger partial charge in [0.25, 0.3) is 0 Å². The largest absolute Gasteiger partial charge is 0.383 e. The van der Waals surface area contributed by atoms with E-state index in [9.17, 15) is 4.79 Å². The lowest BCUT2D eigenvalue weighted by Crippen LogP contribution is -2.39. The average Bonchev–Trinajstić information content (AvgIpc) is 2.11. The van der Waals surface area contributed by atoms with Crippen LogP contribution in [0.3, 0.4) is 0 Å². The molecule has 0 unspecified atom stereocenters. The zero-order chi connectivity index (χ0) is 12.8. The number of nitrogens with zero attached hydrogens (tertiary/aromatic N) is 1. The van der Waals surface area contributed by atoms with Crippen molar-refractivity contribution in [2.45, 2.75) is 34.6 Å². The van der Waals surface area contributed by atoms with Gasteiger partial charge in [0.05, 0.1) is 13.2 Å². The molecule has 0 aliphatic rings. The van der Waals surface area contributed by atoms with Gasteiger partial charge in [-0.15, -0.1) is 0 Å². The van der Waals surface area contributed by atoms with Crippen LogP contribution >= 0.6 is 0 Å².